The highest BCUT2D eigenvalue weighted by molar-refractivity contribution is 5.90. The summed E-state index contributed by atoms with van der Waals surface area (Å²) in [4.78, 5) is 26.7. The van der Waals surface area contributed by atoms with Gasteiger partial charge in [0.1, 0.15) is 0 Å². The zero-order valence-electron chi connectivity index (χ0n) is 17.1. The number of hydrogen-bond acceptors (Lipinski definition) is 2. The molecule has 1 aromatic rings. The van der Waals surface area contributed by atoms with Crippen molar-refractivity contribution < 1.29 is 22.8 Å². The molecule has 0 spiro atoms. The van der Waals surface area contributed by atoms with Crippen LogP contribution in [0.25, 0.3) is 0 Å². The van der Waals surface area contributed by atoms with Gasteiger partial charge in [0.2, 0.25) is 11.8 Å². The van der Waals surface area contributed by atoms with Gasteiger partial charge in [-0.2, -0.15) is 13.2 Å². The number of piperidine rings is 1. The van der Waals surface area contributed by atoms with E-state index in [1.807, 2.05) is 4.90 Å². The quantitative estimate of drug-likeness (QED) is 0.611. The second kappa shape index (κ2) is 10.1. The van der Waals surface area contributed by atoms with Gasteiger partial charge in [0, 0.05) is 31.6 Å². The van der Waals surface area contributed by atoms with Crippen molar-refractivity contribution in [3.8, 4) is 0 Å². The van der Waals surface area contributed by atoms with Gasteiger partial charge in [-0.05, 0) is 75.1 Å². The number of nitrogens with zero attached hydrogens (tertiary/aromatic N) is 1. The third-order valence-electron chi connectivity index (χ3n) is 5.91. The van der Waals surface area contributed by atoms with Crippen LogP contribution in [0.1, 0.15) is 63.4 Å². The molecular weight excluding hydrogens is 393 g/mol. The number of nitrogens with one attached hydrogen (secondary N) is 1. The highest BCUT2D eigenvalue weighted by atomic mass is 19.4. The van der Waals surface area contributed by atoms with Gasteiger partial charge >= 0.3 is 6.18 Å². The number of carbonyl (C=O) groups is 2. The van der Waals surface area contributed by atoms with Crippen molar-refractivity contribution in [2.45, 2.75) is 64.0 Å². The molecule has 2 amide bonds. The van der Waals surface area contributed by atoms with E-state index in [-0.39, 0.29) is 17.7 Å². The summed E-state index contributed by atoms with van der Waals surface area (Å²) in [5.41, 5.74) is 0.870. The lowest BCUT2D eigenvalue weighted by atomic mass is 9.92. The van der Waals surface area contributed by atoms with E-state index in [0.717, 1.165) is 50.8 Å². The third kappa shape index (κ3) is 6.61. The van der Waals surface area contributed by atoms with Crippen LogP contribution in [0.3, 0.4) is 0 Å². The van der Waals surface area contributed by atoms with Gasteiger partial charge in [-0.15, -0.1) is 0 Å². The minimum absolute atomic E-state index is 0.182. The Morgan fingerprint density at radius 1 is 1.10 bits per heavy atom. The van der Waals surface area contributed by atoms with E-state index < -0.39 is 11.7 Å². The van der Waals surface area contributed by atoms with Gasteiger partial charge in [0.25, 0.3) is 0 Å². The molecular formula is C23H29F3N2O2. The number of carbonyl (C=O) groups excluding carboxylic acids is 2. The molecule has 1 aliphatic carbocycles. The fourth-order valence-corrected chi connectivity index (χ4v) is 4.20. The van der Waals surface area contributed by atoms with Gasteiger partial charge in [-0.25, -0.2) is 0 Å². The number of likely N-dealkylation sites (tertiary alicyclic amines) is 1. The maximum atomic E-state index is 12.6. The van der Waals surface area contributed by atoms with Crippen LogP contribution in [-0.2, 0) is 15.8 Å². The summed E-state index contributed by atoms with van der Waals surface area (Å²) in [5, 5.41) is 2.65. The highest BCUT2D eigenvalue weighted by Crippen LogP contribution is 2.30. The highest BCUT2D eigenvalue weighted by Gasteiger charge is 2.30. The Hall–Kier alpha value is -2.31. The predicted octanol–water partition coefficient (Wildman–Crippen LogP) is 5.55. The number of alkyl halides is 3. The Bertz CT molecular complexity index is 772. The van der Waals surface area contributed by atoms with Crippen LogP contribution in [-0.4, -0.2) is 29.8 Å². The van der Waals surface area contributed by atoms with Gasteiger partial charge in [0.05, 0.1) is 5.56 Å². The standard InChI is InChI=1S/C23H29F3N2O2/c24-23(25,26)19-9-11-20(12-10-19)27-21(29)13-8-18-7-4-14-28(16-18)22(30)15-17-5-2-1-3-6-17/h5,9-12,18H,1-4,6-8,13-16H2,(H,27,29). The summed E-state index contributed by atoms with van der Waals surface area (Å²) < 4.78 is 37.8. The smallest absolute Gasteiger partial charge is 0.342 e. The monoisotopic (exact) mass is 422 g/mol. The van der Waals surface area contributed by atoms with E-state index in [0.29, 0.717) is 31.5 Å². The SMILES string of the molecule is O=C(CCC1CCCN(C(=O)CC2=CCCCC2)C1)Nc1ccc(C(F)(F)F)cc1. The number of rotatable bonds is 6. The molecule has 1 saturated heterocycles. The second-order valence-electron chi connectivity index (χ2n) is 8.29. The minimum Gasteiger partial charge on any atom is -0.342 e. The number of anilines is 1. The van der Waals surface area contributed by atoms with Crippen molar-refractivity contribution in [2.24, 2.45) is 5.92 Å². The summed E-state index contributed by atoms with van der Waals surface area (Å²) in [6.45, 7) is 1.46. The average Bonchev–Trinajstić information content (AvgIpc) is 2.73. The molecule has 1 aliphatic heterocycles. The number of hydrogen-bond donors (Lipinski definition) is 1. The first-order valence-corrected chi connectivity index (χ1v) is 10.7. The fraction of sp³-hybridized carbons (Fsp3) is 0.565. The molecule has 30 heavy (non-hydrogen) atoms. The third-order valence-corrected chi connectivity index (χ3v) is 5.91. The first kappa shape index (κ1) is 22.4. The van der Waals surface area contributed by atoms with Crippen LogP contribution in [0.4, 0.5) is 18.9 Å². The molecule has 4 nitrogen and oxygen atoms in total. The molecule has 0 bridgehead atoms. The Morgan fingerprint density at radius 2 is 1.87 bits per heavy atom. The summed E-state index contributed by atoms with van der Waals surface area (Å²) in [7, 11) is 0. The molecule has 2 aliphatic rings. The first-order valence-electron chi connectivity index (χ1n) is 10.7. The zero-order valence-corrected chi connectivity index (χ0v) is 17.1. The van der Waals surface area contributed by atoms with Crippen LogP contribution in [0, 0.1) is 5.92 Å². The zero-order chi connectivity index (χ0) is 21.6. The Morgan fingerprint density at radius 3 is 2.53 bits per heavy atom. The molecule has 3 rings (SSSR count). The number of halogens is 3. The summed E-state index contributed by atoms with van der Waals surface area (Å²) in [5.74, 6) is 0.244. The molecule has 1 atom stereocenters. The van der Waals surface area contributed by atoms with E-state index in [1.165, 1.54) is 24.1 Å². The molecule has 1 fully saturated rings. The van der Waals surface area contributed by atoms with Gasteiger partial charge in [-0.1, -0.05) is 11.6 Å². The van der Waals surface area contributed by atoms with Crippen LogP contribution < -0.4 is 5.32 Å². The summed E-state index contributed by atoms with van der Waals surface area (Å²) >= 11 is 0. The molecule has 0 aromatic heterocycles. The summed E-state index contributed by atoms with van der Waals surface area (Å²) in [6.07, 6.45) is 5.67. The fourth-order valence-electron chi connectivity index (χ4n) is 4.20. The van der Waals surface area contributed by atoms with Crippen LogP contribution in [0.5, 0.6) is 0 Å². The lowest BCUT2D eigenvalue weighted by molar-refractivity contribution is -0.137. The van der Waals surface area contributed by atoms with Crippen LogP contribution in [0.15, 0.2) is 35.9 Å². The lowest BCUT2D eigenvalue weighted by Gasteiger charge is -2.33. The van der Waals surface area contributed by atoms with Crippen molar-refractivity contribution in [3.05, 3.63) is 41.5 Å². The maximum absolute atomic E-state index is 12.6. The van der Waals surface area contributed by atoms with E-state index in [1.54, 1.807) is 0 Å². The number of allylic oxidation sites excluding steroid dienone is 1. The van der Waals surface area contributed by atoms with E-state index >= 15 is 0 Å². The molecule has 1 unspecified atom stereocenters. The molecule has 1 aromatic carbocycles. The number of benzene rings is 1. The average molecular weight is 422 g/mol. The van der Waals surface area contributed by atoms with Gasteiger partial charge in [-0.3, -0.25) is 9.59 Å². The largest absolute Gasteiger partial charge is 0.416 e. The Balaban J connectivity index is 1.43. The molecule has 1 N–H and O–H groups in total. The van der Waals surface area contributed by atoms with Crippen molar-refractivity contribution in [1.29, 1.82) is 0 Å². The van der Waals surface area contributed by atoms with Crippen molar-refractivity contribution in [2.75, 3.05) is 18.4 Å². The topological polar surface area (TPSA) is 49.4 Å². The van der Waals surface area contributed by atoms with Crippen molar-refractivity contribution in [1.82, 2.24) is 4.90 Å². The normalized spacial score (nSPS) is 19.9. The minimum atomic E-state index is -4.39. The molecule has 0 saturated carbocycles. The van der Waals surface area contributed by atoms with E-state index in [9.17, 15) is 22.8 Å². The van der Waals surface area contributed by atoms with E-state index in [4.69, 9.17) is 0 Å². The van der Waals surface area contributed by atoms with Gasteiger partial charge in [0.15, 0.2) is 0 Å². The number of amides is 2. The Kier molecular flexibility index (Phi) is 7.56. The second-order valence-corrected chi connectivity index (χ2v) is 8.29. The van der Waals surface area contributed by atoms with E-state index in [2.05, 4.69) is 11.4 Å². The van der Waals surface area contributed by atoms with Crippen LogP contribution in [0.2, 0.25) is 0 Å². The van der Waals surface area contributed by atoms with Crippen molar-refractivity contribution >= 4 is 17.5 Å². The lowest BCUT2D eigenvalue weighted by Crippen LogP contribution is -2.40. The first-order chi connectivity index (χ1) is 14.3. The molecule has 0 radical (unpaired) electrons. The molecule has 164 valence electrons. The molecule has 1 heterocycles. The Labute approximate surface area is 175 Å². The predicted molar refractivity (Wildman–Crippen MR) is 110 cm³/mol. The van der Waals surface area contributed by atoms with Crippen LogP contribution >= 0.6 is 0 Å². The maximum Gasteiger partial charge on any atom is 0.416 e. The van der Waals surface area contributed by atoms with Crippen molar-refractivity contribution in [3.63, 3.8) is 0 Å². The van der Waals surface area contributed by atoms with Gasteiger partial charge < -0.3 is 10.2 Å². The summed E-state index contributed by atoms with van der Waals surface area (Å²) in [6, 6.07) is 4.45. The molecule has 7 heteroatoms.